The molecule has 1 amide bonds. The van der Waals surface area contributed by atoms with Gasteiger partial charge in [-0.3, -0.25) is 4.79 Å². The molecule has 7 heteroatoms. The predicted octanol–water partition coefficient (Wildman–Crippen LogP) is 6.08. The van der Waals surface area contributed by atoms with E-state index in [1.54, 1.807) is 7.11 Å². The number of unbranched alkanes of at least 4 members (excludes halogenated alkanes) is 1. The van der Waals surface area contributed by atoms with Crippen molar-refractivity contribution < 1.29 is 14.3 Å². The minimum Gasteiger partial charge on any atom is -0.497 e. The van der Waals surface area contributed by atoms with Crippen molar-refractivity contribution in [3.8, 4) is 11.5 Å². The van der Waals surface area contributed by atoms with E-state index in [0.717, 1.165) is 53.4 Å². The summed E-state index contributed by atoms with van der Waals surface area (Å²) in [5.41, 5.74) is 2.93. The third-order valence-corrected chi connectivity index (χ3v) is 6.65. The number of aryl methyl sites for hydroxylation is 1. The lowest BCUT2D eigenvalue weighted by Gasteiger charge is -2.18. The lowest BCUT2D eigenvalue weighted by molar-refractivity contribution is -0.117. The number of nitrogens with zero attached hydrogens (tertiary/aromatic N) is 3. The number of para-hydroxylation sites is 2. The summed E-state index contributed by atoms with van der Waals surface area (Å²) in [6.45, 7) is 2.06. The van der Waals surface area contributed by atoms with Gasteiger partial charge in [0, 0.05) is 42.2 Å². The van der Waals surface area contributed by atoms with Gasteiger partial charge in [0.05, 0.1) is 24.8 Å². The van der Waals surface area contributed by atoms with Crippen LogP contribution in [0, 0.1) is 0 Å². The smallest absolute Gasteiger partial charge is 0.227 e. The Morgan fingerprint density at radius 2 is 1.83 bits per heavy atom. The zero-order valence-corrected chi connectivity index (χ0v) is 20.4. The number of carbonyl (C=O) groups is 1. The number of halogens is 1. The van der Waals surface area contributed by atoms with E-state index in [-0.39, 0.29) is 11.8 Å². The van der Waals surface area contributed by atoms with E-state index in [1.807, 2.05) is 71.6 Å². The van der Waals surface area contributed by atoms with Crippen molar-refractivity contribution in [2.75, 3.05) is 25.2 Å². The minimum absolute atomic E-state index is 0.0337. The average molecular weight is 490 g/mol. The fraction of sp³-hybridized carbons (Fsp3) is 0.286. The van der Waals surface area contributed by atoms with Gasteiger partial charge in [0.25, 0.3) is 0 Å². The highest BCUT2D eigenvalue weighted by Crippen LogP contribution is 2.34. The number of rotatable bonds is 9. The molecule has 0 spiro atoms. The minimum atomic E-state index is 0.0337. The first kappa shape index (κ1) is 23.2. The molecule has 6 nitrogen and oxygen atoms in total. The molecule has 2 heterocycles. The maximum absolute atomic E-state index is 13.0. The van der Waals surface area contributed by atoms with Crippen molar-refractivity contribution >= 4 is 34.2 Å². The molecule has 1 saturated heterocycles. The molecular formula is C28H28ClN3O3. The Balaban J connectivity index is 1.29. The van der Waals surface area contributed by atoms with Gasteiger partial charge in [-0.15, -0.1) is 0 Å². The van der Waals surface area contributed by atoms with E-state index in [2.05, 4.69) is 10.6 Å². The molecule has 0 unspecified atom stereocenters. The molecule has 35 heavy (non-hydrogen) atoms. The van der Waals surface area contributed by atoms with Crippen molar-refractivity contribution in [1.82, 2.24) is 9.55 Å². The lowest BCUT2D eigenvalue weighted by atomic mass is 10.1. The molecule has 3 aromatic carbocycles. The van der Waals surface area contributed by atoms with Crippen LogP contribution in [0.15, 0.2) is 72.8 Å². The molecule has 1 atom stereocenters. The summed E-state index contributed by atoms with van der Waals surface area (Å²) < 4.78 is 13.5. The Morgan fingerprint density at radius 3 is 2.66 bits per heavy atom. The maximum Gasteiger partial charge on any atom is 0.227 e. The molecule has 1 aliphatic heterocycles. The number of amides is 1. The second-order valence-corrected chi connectivity index (χ2v) is 9.16. The normalized spacial score (nSPS) is 15.7. The van der Waals surface area contributed by atoms with E-state index >= 15 is 0 Å². The zero-order valence-electron chi connectivity index (χ0n) is 19.7. The highest BCUT2D eigenvalue weighted by atomic mass is 35.5. The molecular weight excluding hydrogens is 462 g/mol. The number of hydrogen-bond acceptors (Lipinski definition) is 4. The largest absolute Gasteiger partial charge is 0.497 e. The van der Waals surface area contributed by atoms with E-state index < -0.39 is 0 Å². The number of anilines is 1. The van der Waals surface area contributed by atoms with Gasteiger partial charge in [-0.05, 0) is 61.4 Å². The third-order valence-electron chi connectivity index (χ3n) is 6.40. The molecule has 0 N–H and O–H groups in total. The Morgan fingerprint density at radius 1 is 1.00 bits per heavy atom. The van der Waals surface area contributed by atoms with Gasteiger partial charge < -0.3 is 18.9 Å². The second-order valence-electron chi connectivity index (χ2n) is 8.73. The first-order chi connectivity index (χ1) is 17.1. The first-order valence-corrected chi connectivity index (χ1v) is 12.3. The van der Waals surface area contributed by atoms with Crippen molar-refractivity contribution in [1.29, 1.82) is 0 Å². The average Bonchev–Trinajstić information content (AvgIpc) is 3.45. The third kappa shape index (κ3) is 5.13. The molecule has 5 rings (SSSR count). The summed E-state index contributed by atoms with van der Waals surface area (Å²) in [6.07, 6.45) is 2.30. The van der Waals surface area contributed by atoms with E-state index in [4.69, 9.17) is 26.1 Å². The van der Waals surface area contributed by atoms with Gasteiger partial charge in [-0.2, -0.15) is 0 Å². The Hall–Kier alpha value is -3.51. The second kappa shape index (κ2) is 10.4. The van der Waals surface area contributed by atoms with Crippen LogP contribution in [0.4, 0.5) is 5.69 Å². The molecule has 0 bridgehead atoms. The van der Waals surface area contributed by atoms with Crippen LogP contribution in [0.25, 0.3) is 11.0 Å². The van der Waals surface area contributed by atoms with Crippen molar-refractivity contribution in [2.24, 2.45) is 0 Å². The topological polar surface area (TPSA) is 56.6 Å². The van der Waals surface area contributed by atoms with Crippen molar-refractivity contribution in [3.05, 3.63) is 83.6 Å². The fourth-order valence-corrected chi connectivity index (χ4v) is 4.77. The first-order valence-electron chi connectivity index (χ1n) is 11.9. The van der Waals surface area contributed by atoms with E-state index in [9.17, 15) is 4.79 Å². The molecule has 1 fully saturated rings. The molecule has 0 aliphatic carbocycles. The van der Waals surface area contributed by atoms with Gasteiger partial charge >= 0.3 is 0 Å². The van der Waals surface area contributed by atoms with Crippen LogP contribution in [0.3, 0.4) is 0 Å². The van der Waals surface area contributed by atoms with Crippen molar-refractivity contribution in [3.63, 3.8) is 0 Å². The summed E-state index contributed by atoms with van der Waals surface area (Å²) >= 11 is 5.94. The van der Waals surface area contributed by atoms with Gasteiger partial charge in [-0.25, -0.2) is 4.98 Å². The molecule has 1 aromatic heterocycles. The van der Waals surface area contributed by atoms with Crippen LogP contribution in [0.2, 0.25) is 5.02 Å². The number of benzene rings is 3. The fourth-order valence-electron chi connectivity index (χ4n) is 4.64. The van der Waals surface area contributed by atoms with Crippen LogP contribution in [0.1, 0.15) is 31.0 Å². The molecule has 0 radical (unpaired) electrons. The highest BCUT2D eigenvalue weighted by molar-refractivity contribution is 6.30. The predicted molar refractivity (Wildman–Crippen MR) is 139 cm³/mol. The summed E-state index contributed by atoms with van der Waals surface area (Å²) in [5, 5.41) is 0.701. The van der Waals surface area contributed by atoms with Crippen LogP contribution < -0.4 is 14.4 Å². The van der Waals surface area contributed by atoms with Crippen LogP contribution >= 0.6 is 11.6 Å². The number of carbonyl (C=O) groups excluding carboxylic acids is 1. The van der Waals surface area contributed by atoms with Gasteiger partial charge in [0.2, 0.25) is 5.91 Å². The SMILES string of the molecule is COc1cccc(N2C[C@H](c3nc4ccccc4n3CCCCOc3ccc(Cl)cc3)CC2=O)c1. The van der Waals surface area contributed by atoms with Gasteiger partial charge in [-0.1, -0.05) is 29.8 Å². The summed E-state index contributed by atoms with van der Waals surface area (Å²) in [7, 11) is 1.64. The number of methoxy groups -OCH3 is 1. The zero-order chi connectivity index (χ0) is 24.2. The van der Waals surface area contributed by atoms with E-state index in [0.29, 0.717) is 24.6 Å². The monoisotopic (exact) mass is 489 g/mol. The Bertz CT molecular complexity index is 1320. The maximum atomic E-state index is 13.0. The summed E-state index contributed by atoms with van der Waals surface area (Å²) in [4.78, 5) is 19.8. The van der Waals surface area contributed by atoms with Gasteiger partial charge in [0.1, 0.15) is 17.3 Å². The highest BCUT2D eigenvalue weighted by Gasteiger charge is 2.34. The van der Waals surface area contributed by atoms with Crippen LogP contribution in [0.5, 0.6) is 11.5 Å². The van der Waals surface area contributed by atoms with E-state index in [1.165, 1.54) is 0 Å². The number of fused-ring (bicyclic) bond motifs is 1. The standard InChI is InChI=1S/C28H28ClN3O3/c1-34-24-8-6-7-22(18-24)32-19-20(17-27(32)33)28-30-25-9-2-3-10-26(25)31(28)15-4-5-16-35-23-13-11-21(29)12-14-23/h2-3,6-14,18,20H,4-5,15-17,19H2,1H3/t20-/m1/s1. The Kier molecular flexibility index (Phi) is 6.91. The molecule has 1 aliphatic rings. The summed E-state index contributed by atoms with van der Waals surface area (Å²) in [6, 6.07) is 23.3. The Labute approximate surface area is 210 Å². The van der Waals surface area contributed by atoms with Crippen LogP contribution in [-0.2, 0) is 11.3 Å². The molecule has 0 saturated carbocycles. The van der Waals surface area contributed by atoms with Gasteiger partial charge in [0.15, 0.2) is 0 Å². The quantitative estimate of drug-likeness (QED) is 0.267. The van der Waals surface area contributed by atoms with Crippen LogP contribution in [-0.4, -0.2) is 35.7 Å². The number of ether oxygens (including phenoxy) is 2. The molecule has 180 valence electrons. The number of aromatic nitrogens is 2. The van der Waals surface area contributed by atoms with Crippen molar-refractivity contribution in [2.45, 2.75) is 31.7 Å². The lowest BCUT2D eigenvalue weighted by Crippen LogP contribution is -2.24. The molecule has 4 aromatic rings. The summed E-state index contributed by atoms with van der Waals surface area (Å²) in [5.74, 6) is 2.69. The number of hydrogen-bond donors (Lipinski definition) is 0. The number of imidazole rings is 1.